The van der Waals surface area contributed by atoms with Gasteiger partial charge in [0.2, 0.25) is 5.91 Å². The first kappa shape index (κ1) is 11.3. The number of aryl methyl sites for hydroxylation is 1. The van der Waals surface area contributed by atoms with E-state index >= 15 is 0 Å². The van der Waals surface area contributed by atoms with Crippen LogP contribution >= 0.6 is 0 Å². The molecule has 19 heavy (non-hydrogen) atoms. The van der Waals surface area contributed by atoms with Crippen LogP contribution in [-0.4, -0.2) is 27.3 Å². The van der Waals surface area contributed by atoms with Crippen molar-refractivity contribution in [2.24, 2.45) is 17.8 Å². The molecule has 2 heterocycles. The quantitative estimate of drug-likeness (QED) is 0.780. The van der Waals surface area contributed by atoms with Gasteiger partial charge in [-0.15, -0.1) is 0 Å². The Hall–Kier alpha value is -1.58. The highest BCUT2D eigenvalue weighted by atomic mass is 16.2. The molecule has 1 aromatic heterocycles. The summed E-state index contributed by atoms with van der Waals surface area (Å²) in [7, 11) is 0. The predicted octanol–water partition coefficient (Wildman–Crippen LogP) is 1.82. The lowest BCUT2D eigenvalue weighted by Gasteiger charge is -2.30. The molecular formula is C15H19N3O. The van der Waals surface area contributed by atoms with Gasteiger partial charge in [0.25, 0.3) is 0 Å². The van der Waals surface area contributed by atoms with Crippen molar-refractivity contribution in [3.05, 3.63) is 29.4 Å². The minimum Gasteiger partial charge on any atom is -0.344 e. The Morgan fingerprint density at radius 2 is 2.32 bits per heavy atom. The topological polar surface area (TPSA) is 49.0 Å². The van der Waals surface area contributed by atoms with Crippen LogP contribution in [0.1, 0.15) is 30.1 Å². The fourth-order valence-corrected chi connectivity index (χ4v) is 3.92. The number of aromatic amines is 1. The van der Waals surface area contributed by atoms with Crippen molar-refractivity contribution in [1.82, 2.24) is 14.9 Å². The van der Waals surface area contributed by atoms with Crippen LogP contribution in [0.5, 0.6) is 0 Å². The summed E-state index contributed by atoms with van der Waals surface area (Å²) in [6, 6.07) is 0. The SMILES string of the molecule is Cc1nc2c([nH]1)CN(C(=O)[C@@H]1C[C@@H]3C=C[C@H]1C3)CC2. The molecule has 3 atom stereocenters. The second-order valence-corrected chi connectivity index (χ2v) is 6.14. The fourth-order valence-electron chi connectivity index (χ4n) is 3.92. The zero-order valence-corrected chi connectivity index (χ0v) is 11.2. The molecule has 2 bridgehead atoms. The molecule has 0 unspecified atom stereocenters. The summed E-state index contributed by atoms with van der Waals surface area (Å²) in [5.74, 6) is 2.72. The first-order valence-electron chi connectivity index (χ1n) is 7.22. The van der Waals surface area contributed by atoms with E-state index in [9.17, 15) is 4.79 Å². The Kier molecular flexibility index (Phi) is 2.34. The van der Waals surface area contributed by atoms with Crippen molar-refractivity contribution in [1.29, 1.82) is 0 Å². The minimum absolute atomic E-state index is 0.237. The Balaban J connectivity index is 1.52. The Labute approximate surface area is 112 Å². The van der Waals surface area contributed by atoms with E-state index in [4.69, 9.17) is 0 Å². The summed E-state index contributed by atoms with van der Waals surface area (Å²) in [5, 5.41) is 0. The molecule has 1 N–H and O–H groups in total. The molecule has 1 aromatic rings. The van der Waals surface area contributed by atoms with E-state index in [0.29, 0.717) is 24.3 Å². The lowest BCUT2D eigenvalue weighted by molar-refractivity contribution is -0.137. The van der Waals surface area contributed by atoms with Crippen LogP contribution in [0.15, 0.2) is 12.2 Å². The van der Waals surface area contributed by atoms with Crippen molar-refractivity contribution >= 4 is 5.91 Å². The van der Waals surface area contributed by atoms with E-state index in [0.717, 1.165) is 36.6 Å². The van der Waals surface area contributed by atoms with Gasteiger partial charge in [-0.25, -0.2) is 4.98 Å². The molecule has 1 fully saturated rings. The van der Waals surface area contributed by atoms with Crippen molar-refractivity contribution in [3.63, 3.8) is 0 Å². The first-order chi connectivity index (χ1) is 9.20. The normalized spacial score (nSPS) is 31.8. The molecule has 2 aliphatic carbocycles. The molecule has 4 rings (SSSR count). The lowest BCUT2D eigenvalue weighted by Crippen LogP contribution is -2.41. The zero-order valence-electron chi connectivity index (χ0n) is 11.2. The number of hydrogen-bond donors (Lipinski definition) is 1. The van der Waals surface area contributed by atoms with E-state index in [2.05, 4.69) is 22.1 Å². The van der Waals surface area contributed by atoms with Gasteiger partial charge >= 0.3 is 0 Å². The molecule has 1 aliphatic heterocycles. The number of imidazole rings is 1. The molecule has 4 nitrogen and oxygen atoms in total. The van der Waals surface area contributed by atoms with E-state index < -0.39 is 0 Å². The summed E-state index contributed by atoms with van der Waals surface area (Å²) in [5.41, 5.74) is 2.28. The summed E-state index contributed by atoms with van der Waals surface area (Å²) in [6.07, 6.45) is 7.69. The third kappa shape index (κ3) is 1.73. The van der Waals surface area contributed by atoms with Crippen LogP contribution < -0.4 is 0 Å². The van der Waals surface area contributed by atoms with Crippen LogP contribution in [0.25, 0.3) is 0 Å². The molecule has 100 valence electrons. The smallest absolute Gasteiger partial charge is 0.226 e. The average Bonchev–Trinajstić information content (AvgIpc) is 3.09. The fraction of sp³-hybridized carbons (Fsp3) is 0.600. The van der Waals surface area contributed by atoms with Gasteiger partial charge in [-0.3, -0.25) is 4.79 Å². The van der Waals surface area contributed by atoms with Gasteiger partial charge in [-0.05, 0) is 31.6 Å². The Morgan fingerprint density at radius 1 is 1.42 bits per heavy atom. The number of amides is 1. The van der Waals surface area contributed by atoms with Crippen molar-refractivity contribution in [3.8, 4) is 0 Å². The van der Waals surface area contributed by atoms with Gasteiger partial charge in [0.15, 0.2) is 0 Å². The molecule has 1 saturated carbocycles. The molecule has 4 heteroatoms. The van der Waals surface area contributed by atoms with Crippen molar-refractivity contribution in [2.75, 3.05) is 6.54 Å². The highest BCUT2D eigenvalue weighted by Gasteiger charge is 2.42. The van der Waals surface area contributed by atoms with Gasteiger partial charge in [0.1, 0.15) is 5.82 Å². The average molecular weight is 257 g/mol. The standard InChI is InChI=1S/C15H19N3O/c1-9-16-13-4-5-18(8-14(13)17-9)15(19)12-7-10-2-3-11(12)6-10/h2-3,10-12H,4-8H2,1H3,(H,16,17)/t10-,11+,12-/m1/s1. The van der Waals surface area contributed by atoms with Crippen molar-refractivity contribution < 1.29 is 4.79 Å². The second-order valence-electron chi connectivity index (χ2n) is 6.14. The summed E-state index contributed by atoms with van der Waals surface area (Å²) >= 11 is 0. The molecule has 0 aromatic carbocycles. The molecule has 3 aliphatic rings. The highest BCUT2D eigenvalue weighted by molar-refractivity contribution is 5.80. The highest BCUT2D eigenvalue weighted by Crippen LogP contribution is 2.44. The van der Waals surface area contributed by atoms with E-state index in [-0.39, 0.29) is 5.92 Å². The number of aromatic nitrogens is 2. The second kappa shape index (κ2) is 3.95. The Morgan fingerprint density at radius 3 is 3.05 bits per heavy atom. The van der Waals surface area contributed by atoms with Crippen LogP contribution in [0.2, 0.25) is 0 Å². The molecule has 0 saturated heterocycles. The summed E-state index contributed by atoms with van der Waals surface area (Å²) in [6.45, 7) is 3.52. The summed E-state index contributed by atoms with van der Waals surface area (Å²) in [4.78, 5) is 22.5. The molecular weight excluding hydrogens is 238 g/mol. The number of carbonyl (C=O) groups is 1. The first-order valence-corrected chi connectivity index (χ1v) is 7.22. The maximum atomic E-state index is 12.7. The monoisotopic (exact) mass is 257 g/mol. The number of nitrogens with zero attached hydrogens (tertiary/aromatic N) is 2. The predicted molar refractivity (Wildman–Crippen MR) is 71.3 cm³/mol. The number of allylic oxidation sites excluding steroid dienone is 2. The van der Waals surface area contributed by atoms with Crippen LogP contribution in [0, 0.1) is 24.7 Å². The van der Waals surface area contributed by atoms with Gasteiger partial charge in [0.05, 0.1) is 17.9 Å². The third-order valence-electron chi connectivity index (χ3n) is 4.86. The number of nitrogens with one attached hydrogen (secondary N) is 1. The number of hydrogen-bond acceptors (Lipinski definition) is 2. The van der Waals surface area contributed by atoms with Gasteiger partial charge in [0, 0.05) is 18.9 Å². The van der Waals surface area contributed by atoms with Gasteiger partial charge in [-0.2, -0.15) is 0 Å². The number of rotatable bonds is 1. The maximum Gasteiger partial charge on any atom is 0.226 e. The summed E-state index contributed by atoms with van der Waals surface area (Å²) < 4.78 is 0. The largest absolute Gasteiger partial charge is 0.344 e. The van der Waals surface area contributed by atoms with E-state index in [1.165, 1.54) is 6.42 Å². The van der Waals surface area contributed by atoms with Gasteiger partial charge < -0.3 is 9.88 Å². The van der Waals surface area contributed by atoms with E-state index in [1.54, 1.807) is 0 Å². The van der Waals surface area contributed by atoms with Crippen LogP contribution in [0.3, 0.4) is 0 Å². The number of H-pyrrole nitrogens is 1. The molecule has 0 spiro atoms. The minimum atomic E-state index is 0.237. The van der Waals surface area contributed by atoms with Crippen LogP contribution in [0.4, 0.5) is 0 Å². The van der Waals surface area contributed by atoms with Crippen molar-refractivity contribution in [2.45, 2.75) is 32.7 Å². The molecule has 1 amide bonds. The maximum absolute atomic E-state index is 12.7. The Bertz CT molecular complexity index is 560. The number of carbonyl (C=O) groups excluding carboxylic acids is 1. The number of fused-ring (bicyclic) bond motifs is 3. The van der Waals surface area contributed by atoms with Gasteiger partial charge in [-0.1, -0.05) is 12.2 Å². The lowest BCUT2D eigenvalue weighted by atomic mass is 9.91. The van der Waals surface area contributed by atoms with E-state index in [1.807, 2.05) is 11.8 Å². The zero-order chi connectivity index (χ0) is 13.0. The third-order valence-corrected chi connectivity index (χ3v) is 4.86. The molecule has 0 radical (unpaired) electrons. The van der Waals surface area contributed by atoms with Crippen LogP contribution in [-0.2, 0) is 17.8 Å².